The van der Waals surface area contributed by atoms with Crippen molar-refractivity contribution in [1.29, 1.82) is 0 Å². The van der Waals surface area contributed by atoms with Crippen LogP contribution in [0.2, 0.25) is 5.02 Å². The summed E-state index contributed by atoms with van der Waals surface area (Å²) in [5.74, 6) is 3.26. The number of nitrogens with one attached hydrogen (secondary N) is 1. The molecule has 0 bridgehead atoms. The van der Waals surface area contributed by atoms with Crippen LogP contribution in [0, 0.1) is 0 Å². The first kappa shape index (κ1) is 14.7. The summed E-state index contributed by atoms with van der Waals surface area (Å²) in [6.07, 6.45) is 1.19. The largest absolute Gasteiger partial charge is 0.496 e. The molecule has 0 atom stereocenters. The van der Waals surface area contributed by atoms with E-state index in [1.165, 1.54) is 17.9 Å². The normalized spacial score (nSPS) is 10.5. The van der Waals surface area contributed by atoms with E-state index < -0.39 is 0 Å². The molecule has 4 heteroatoms. The minimum atomic E-state index is 0.764. The Hall–Kier alpha value is -0.380. The minimum absolute atomic E-state index is 0.764. The second kappa shape index (κ2) is 8.67. The molecule has 0 saturated carbocycles. The average Bonchev–Trinajstić information content (AvgIpc) is 2.35. The van der Waals surface area contributed by atoms with Crippen molar-refractivity contribution in [2.24, 2.45) is 0 Å². The van der Waals surface area contributed by atoms with Crippen molar-refractivity contribution in [1.82, 2.24) is 5.32 Å². The van der Waals surface area contributed by atoms with Gasteiger partial charge in [0.2, 0.25) is 0 Å². The molecule has 2 nitrogen and oxygen atoms in total. The van der Waals surface area contributed by atoms with E-state index in [1.807, 2.05) is 30.0 Å². The lowest BCUT2D eigenvalue weighted by Gasteiger charge is -2.11. The van der Waals surface area contributed by atoms with E-state index in [9.17, 15) is 0 Å². The van der Waals surface area contributed by atoms with Crippen LogP contribution in [-0.2, 0) is 6.54 Å². The van der Waals surface area contributed by atoms with E-state index in [4.69, 9.17) is 16.3 Å². The van der Waals surface area contributed by atoms with Crippen LogP contribution in [0.4, 0.5) is 0 Å². The standard InChI is InChI=1S/C13H20ClNOS/c1-3-17-9-5-8-15-10-11-12(14)6-4-7-13(11)16-2/h4,6-7,15H,3,5,8-10H2,1-2H3. The highest BCUT2D eigenvalue weighted by molar-refractivity contribution is 7.99. The Morgan fingerprint density at radius 2 is 2.24 bits per heavy atom. The molecule has 0 unspecified atom stereocenters. The lowest BCUT2D eigenvalue weighted by Crippen LogP contribution is -2.16. The van der Waals surface area contributed by atoms with Crippen molar-refractivity contribution in [3.05, 3.63) is 28.8 Å². The van der Waals surface area contributed by atoms with Crippen LogP contribution in [0.25, 0.3) is 0 Å². The van der Waals surface area contributed by atoms with E-state index in [-0.39, 0.29) is 0 Å². The van der Waals surface area contributed by atoms with Crippen molar-refractivity contribution in [3.63, 3.8) is 0 Å². The Morgan fingerprint density at radius 3 is 2.94 bits per heavy atom. The molecule has 0 fully saturated rings. The van der Waals surface area contributed by atoms with Crippen LogP contribution in [0.15, 0.2) is 18.2 Å². The Labute approximate surface area is 113 Å². The summed E-state index contributed by atoms with van der Waals surface area (Å²) in [5.41, 5.74) is 1.04. The molecule has 0 aliphatic carbocycles. The van der Waals surface area contributed by atoms with Gasteiger partial charge < -0.3 is 10.1 Å². The smallest absolute Gasteiger partial charge is 0.124 e. The Balaban J connectivity index is 2.35. The third kappa shape index (κ3) is 5.19. The molecule has 96 valence electrons. The zero-order valence-corrected chi connectivity index (χ0v) is 12.0. The van der Waals surface area contributed by atoms with Crippen LogP contribution in [0.1, 0.15) is 18.9 Å². The van der Waals surface area contributed by atoms with Gasteiger partial charge in [0, 0.05) is 17.1 Å². The van der Waals surface area contributed by atoms with Crippen LogP contribution in [0.3, 0.4) is 0 Å². The first-order valence-electron chi connectivity index (χ1n) is 5.89. The van der Waals surface area contributed by atoms with Crippen LogP contribution in [-0.4, -0.2) is 25.2 Å². The molecule has 0 radical (unpaired) electrons. The van der Waals surface area contributed by atoms with E-state index in [2.05, 4.69) is 12.2 Å². The zero-order chi connectivity index (χ0) is 12.5. The molecule has 0 spiro atoms. The van der Waals surface area contributed by atoms with Gasteiger partial charge in [-0.1, -0.05) is 24.6 Å². The third-order valence-corrected chi connectivity index (χ3v) is 3.78. The van der Waals surface area contributed by atoms with Crippen molar-refractivity contribution < 1.29 is 4.74 Å². The van der Waals surface area contributed by atoms with Crippen molar-refractivity contribution >= 4 is 23.4 Å². The number of rotatable bonds is 8. The van der Waals surface area contributed by atoms with Gasteiger partial charge >= 0.3 is 0 Å². The quantitative estimate of drug-likeness (QED) is 0.732. The number of hydrogen-bond donors (Lipinski definition) is 1. The molecule has 0 heterocycles. The fraction of sp³-hybridized carbons (Fsp3) is 0.538. The summed E-state index contributed by atoms with van der Waals surface area (Å²) in [7, 11) is 1.67. The van der Waals surface area contributed by atoms with Gasteiger partial charge in [0.25, 0.3) is 0 Å². The molecule has 1 N–H and O–H groups in total. The highest BCUT2D eigenvalue weighted by Gasteiger charge is 2.06. The molecule has 0 aliphatic rings. The third-order valence-electron chi connectivity index (χ3n) is 2.44. The maximum absolute atomic E-state index is 6.15. The Bertz CT molecular complexity index is 333. The Kier molecular flexibility index (Phi) is 7.49. The molecule has 0 saturated heterocycles. The summed E-state index contributed by atoms with van der Waals surface area (Å²) in [5, 5.41) is 4.16. The predicted octanol–water partition coefficient (Wildman–Crippen LogP) is 3.58. The SMILES string of the molecule is CCSCCCNCc1c(Cl)cccc1OC. The maximum atomic E-state index is 6.15. The molecule has 1 rings (SSSR count). The van der Waals surface area contributed by atoms with E-state index in [0.29, 0.717) is 0 Å². The minimum Gasteiger partial charge on any atom is -0.496 e. The van der Waals surface area contributed by atoms with E-state index in [0.717, 1.165) is 29.4 Å². The summed E-state index contributed by atoms with van der Waals surface area (Å²) < 4.78 is 5.29. The lowest BCUT2D eigenvalue weighted by molar-refractivity contribution is 0.408. The molecule has 17 heavy (non-hydrogen) atoms. The fourth-order valence-corrected chi connectivity index (χ4v) is 2.43. The number of hydrogen-bond acceptors (Lipinski definition) is 3. The van der Waals surface area contributed by atoms with Crippen molar-refractivity contribution in [2.75, 3.05) is 25.2 Å². The van der Waals surface area contributed by atoms with Gasteiger partial charge in [0.05, 0.1) is 7.11 Å². The topological polar surface area (TPSA) is 21.3 Å². The highest BCUT2D eigenvalue weighted by Crippen LogP contribution is 2.25. The summed E-state index contributed by atoms with van der Waals surface area (Å²) in [6, 6.07) is 5.74. The van der Waals surface area contributed by atoms with Gasteiger partial charge in [-0.2, -0.15) is 11.8 Å². The number of methoxy groups -OCH3 is 1. The van der Waals surface area contributed by atoms with Gasteiger partial charge in [-0.25, -0.2) is 0 Å². The van der Waals surface area contributed by atoms with Crippen LogP contribution in [0.5, 0.6) is 5.75 Å². The second-order valence-corrected chi connectivity index (χ2v) is 5.45. The molecule has 0 aliphatic heterocycles. The Morgan fingerprint density at radius 1 is 1.41 bits per heavy atom. The first-order valence-corrected chi connectivity index (χ1v) is 7.42. The molecular formula is C13H20ClNOS. The number of halogens is 1. The van der Waals surface area contributed by atoms with E-state index >= 15 is 0 Å². The maximum Gasteiger partial charge on any atom is 0.124 e. The number of thioether (sulfide) groups is 1. The first-order chi connectivity index (χ1) is 8.29. The van der Waals surface area contributed by atoms with Gasteiger partial charge in [0.1, 0.15) is 5.75 Å². The molecule has 0 aromatic heterocycles. The second-order valence-electron chi connectivity index (χ2n) is 3.65. The van der Waals surface area contributed by atoms with Crippen molar-refractivity contribution in [3.8, 4) is 5.75 Å². The number of ether oxygens (including phenoxy) is 1. The van der Waals surface area contributed by atoms with Crippen LogP contribution >= 0.6 is 23.4 Å². The van der Waals surface area contributed by atoms with Gasteiger partial charge in [-0.15, -0.1) is 0 Å². The van der Waals surface area contributed by atoms with Gasteiger partial charge in [-0.3, -0.25) is 0 Å². The summed E-state index contributed by atoms with van der Waals surface area (Å²) >= 11 is 8.12. The molecule has 0 amide bonds. The van der Waals surface area contributed by atoms with Crippen LogP contribution < -0.4 is 10.1 Å². The fourth-order valence-electron chi connectivity index (χ4n) is 1.56. The van der Waals surface area contributed by atoms with Gasteiger partial charge in [-0.05, 0) is 36.6 Å². The predicted molar refractivity (Wildman–Crippen MR) is 77.3 cm³/mol. The number of benzene rings is 1. The van der Waals surface area contributed by atoms with E-state index in [1.54, 1.807) is 7.11 Å². The summed E-state index contributed by atoms with van der Waals surface area (Å²) in [6.45, 7) is 3.97. The van der Waals surface area contributed by atoms with Crippen molar-refractivity contribution in [2.45, 2.75) is 19.9 Å². The monoisotopic (exact) mass is 273 g/mol. The zero-order valence-electron chi connectivity index (χ0n) is 10.5. The average molecular weight is 274 g/mol. The molecular weight excluding hydrogens is 254 g/mol. The summed E-state index contributed by atoms with van der Waals surface area (Å²) in [4.78, 5) is 0. The lowest BCUT2D eigenvalue weighted by atomic mass is 10.2. The highest BCUT2D eigenvalue weighted by atomic mass is 35.5. The molecule has 1 aromatic rings. The van der Waals surface area contributed by atoms with Gasteiger partial charge in [0.15, 0.2) is 0 Å². The molecule has 1 aromatic carbocycles.